The van der Waals surface area contributed by atoms with Gasteiger partial charge in [-0.2, -0.15) is 0 Å². The summed E-state index contributed by atoms with van der Waals surface area (Å²) < 4.78 is 30.9. The fourth-order valence-corrected chi connectivity index (χ4v) is 11.1. The fourth-order valence-electron chi connectivity index (χ4n) is 10.3. The van der Waals surface area contributed by atoms with Crippen molar-refractivity contribution in [3.63, 3.8) is 0 Å². The molecule has 9 nitrogen and oxygen atoms in total. The molecular weight excluding hydrogens is 1070 g/mol. The first-order valence-electron chi connectivity index (χ1n) is 35.9. The van der Waals surface area contributed by atoms with Crippen molar-refractivity contribution >= 4 is 19.7 Å². The molecule has 0 saturated heterocycles. The number of esters is 1. The van der Waals surface area contributed by atoms with Crippen LogP contribution in [-0.2, 0) is 27.9 Å². The van der Waals surface area contributed by atoms with Crippen LogP contribution in [-0.4, -0.2) is 74.3 Å². The van der Waals surface area contributed by atoms with Crippen LogP contribution in [0.3, 0.4) is 0 Å². The van der Waals surface area contributed by atoms with E-state index in [9.17, 15) is 19.0 Å². The molecule has 0 aliphatic rings. The molecule has 0 saturated carbocycles. The number of hydrogen-bond donors (Lipinski definition) is 2. The Balaban J connectivity index is 5.08. The largest absolute Gasteiger partial charge is 0.472 e. The van der Waals surface area contributed by atoms with Crippen molar-refractivity contribution in [1.82, 2.24) is 5.32 Å². The highest BCUT2D eigenvalue weighted by molar-refractivity contribution is 7.47. The number of carbonyl (C=O) groups excluding carboxylic acids is 2. The van der Waals surface area contributed by atoms with Gasteiger partial charge in [0.05, 0.1) is 33.8 Å². The Morgan fingerprint density at radius 3 is 1.14 bits per heavy atom. The van der Waals surface area contributed by atoms with E-state index in [0.717, 1.165) is 89.9 Å². The molecule has 0 aliphatic carbocycles. The van der Waals surface area contributed by atoms with Crippen molar-refractivity contribution in [3.05, 3.63) is 85.1 Å². The van der Waals surface area contributed by atoms with Crippen LogP contribution in [0, 0.1) is 0 Å². The third-order valence-electron chi connectivity index (χ3n) is 15.8. The Morgan fingerprint density at radius 2 is 0.753 bits per heavy atom. The van der Waals surface area contributed by atoms with Crippen LogP contribution in [0.2, 0.25) is 0 Å². The Hall–Kier alpha value is -2.81. The molecule has 0 bridgehead atoms. The summed E-state index contributed by atoms with van der Waals surface area (Å²) in [5.41, 5.74) is 0. The van der Waals surface area contributed by atoms with Crippen LogP contribution in [0.25, 0.3) is 0 Å². The van der Waals surface area contributed by atoms with Gasteiger partial charge < -0.3 is 19.4 Å². The number of hydrogen-bond acceptors (Lipinski definition) is 6. The summed E-state index contributed by atoms with van der Waals surface area (Å²) in [7, 11) is 1.50. The Labute approximate surface area is 526 Å². The van der Waals surface area contributed by atoms with Gasteiger partial charge in [0.1, 0.15) is 19.3 Å². The van der Waals surface area contributed by atoms with Crippen LogP contribution >= 0.6 is 7.82 Å². The van der Waals surface area contributed by atoms with Gasteiger partial charge in [0.2, 0.25) is 5.91 Å². The molecule has 0 rings (SSSR count). The molecule has 2 N–H and O–H groups in total. The second-order valence-corrected chi connectivity index (χ2v) is 26.8. The Morgan fingerprint density at radius 1 is 0.424 bits per heavy atom. The minimum absolute atomic E-state index is 0.0377. The standard InChI is InChI=1S/C75H137N2O7P/c1-7-10-13-16-19-22-25-28-30-32-34-35-36-37-38-39-40-41-43-45-47-50-53-56-59-62-65-68-75(79)84-73(66-63-60-57-54-51-48-27-24-21-18-15-12-9-3)72(71-83-85(80,81)82-70-69-77(4,5)6)76-74(78)67-64-61-58-55-52-49-46-44-42-33-31-29-26-23-20-17-14-11-8-2/h10,13,19,22,28-31,34-35,37-38,63,66,72-73H,7-9,11-12,14-18,20-21,23-27,32-33,36,39-62,64-65,67-71H2,1-6H3,(H-,76,78,80,81)/p+1/b13-10-,22-19-,30-28-,31-29+,35-34-,38-37-,66-63-. The highest BCUT2D eigenvalue weighted by Crippen LogP contribution is 2.43. The molecular formula is C75H138N2O7P+. The zero-order chi connectivity index (χ0) is 62.1. The van der Waals surface area contributed by atoms with Crippen LogP contribution in [0.4, 0.5) is 0 Å². The maximum absolute atomic E-state index is 13.6. The lowest BCUT2D eigenvalue weighted by atomic mass is 10.0. The molecule has 85 heavy (non-hydrogen) atoms. The van der Waals surface area contributed by atoms with Crippen molar-refractivity contribution in [2.45, 2.75) is 341 Å². The number of quaternary nitrogens is 1. The number of phosphoric acid groups is 1. The van der Waals surface area contributed by atoms with E-state index in [2.05, 4.69) is 99.0 Å². The van der Waals surface area contributed by atoms with Crippen molar-refractivity contribution in [2.75, 3.05) is 40.9 Å². The summed E-state index contributed by atoms with van der Waals surface area (Å²) in [4.78, 5) is 37.9. The predicted octanol–water partition coefficient (Wildman–Crippen LogP) is 22.9. The van der Waals surface area contributed by atoms with Crippen LogP contribution in [0.5, 0.6) is 0 Å². The summed E-state index contributed by atoms with van der Waals surface area (Å²) in [5, 5.41) is 3.07. The van der Waals surface area contributed by atoms with E-state index < -0.39 is 20.0 Å². The van der Waals surface area contributed by atoms with E-state index >= 15 is 0 Å². The lowest BCUT2D eigenvalue weighted by Gasteiger charge is -2.27. The second-order valence-electron chi connectivity index (χ2n) is 25.4. The molecule has 494 valence electrons. The van der Waals surface area contributed by atoms with Gasteiger partial charge in [-0.3, -0.25) is 18.6 Å². The molecule has 3 unspecified atom stereocenters. The number of ether oxygens (including phenoxy) is 1. The Bertz CT molecular complexity index is 1730. The second kappa shape index (κ2) is 64.2. The molecule has 3 atom stereocenters. The summed E-state index contributed by atoms with van der Waals surface area (Å²) in [6.45, 7) is 6.93. The number of nitrogens with zero attached hydrogens (tertiary/aromatic N) is 1. The molecule has 0 aromatic rings. The third kappa shape index (κ3) is 65.5. The SMILES string of the molecule is CC/C=C\C/C=C\C/C=C\C/C=C\C/C=C\CCCCCCCCCCCCCC(=O)OC(/C=C\CCCCCCCCCCCCC)C(COP(=O)(O)OCC[N+](C)(C)C)NC(=O)CCCCCCCCCCC/C=C/CCCCCCCC. The number of unbranched alkanes of at least 4 members (excludes halogenated alkanes) is 37. The zero-order valence-corrected chi connectivity index (χ0v) is 57.5. The number of amides is 1. The third-order valence-corrected chi connectivity index (χ3v) is 16.8. The van der Waals surface area contributed by atoms with Gasteiger partial charge in [0.25, 0.3) is 0 Å². The van der Waals surface area contributed by atoms with Crippen LogP contribution in [0.15, 0.2) is 85.1 Å². The van der Waals surface area contributed by atoms with E-state index in [0.29, 0.717) is 17.4 Å². The first kappa shape index (κ1) is 82.2. The average molecular weight is 1210 g/mol. The van der Waals surface area contributed by atoms with Gasteiger partial charge >= 0.3 is 13.8 Å². The number of nitrogens with one attached hydrogen (secondary N) is 1. The summed E-state index contributed by atoms with van der Waals surface area (Å²) in [6.07, 6.45) is 85.9. The molecule has 0 fully saturated rings. The number of allylic oxidation sites excluding steroid dienone is 13. The van der Waals surface area contributed by atoms with Gasteiger partial charge in [-0.05, 0) is 102 Å². The molecule has 0 aromatic heterocycles. The van der Waals surface area contributed by atoms with Gasteiger partial charge in [0.15, 0.2) is 0 Å². The summed E-state index contributed by atoms with van der Waals surface area (Å²) in [6, 6.07) is -0.854. The maximum Gasteiger partial charge on any atom is 0.472 e. The van der Waals surface area contributed by atoms with Crippen molar-refractivity contribution in [2.24, 2.45) is 0 Å². The van der Waals surface area contributed by atoms with Crippen molar-refractivity contribution in [3.8, 4) is 0 Å². The van der Waals surface area contributed by atoms with E-state index in [-0.39, 0.29) is 31.5 Å². The van der Waals surface area contributed by atoms with Crippen LogP contribution < -0.4 is 5.32 Å². The van der Waals surface area contributed by atoms with Crippen molar-refractivity contribution < 1.29 is 37.3 Å². The van der Waals surface area contributed by atoms with Crippen molar-refractivity contribution in [1.29, 1.82) is 0 Å². The molecule has 1 amide bonds. The smallest absolute Gasteiger partial charge is 0.456 e. The summed E-state index contributed by atoms with van der Waals surface area (Å²) in [5.74, 6) is -0.502. The highest BCUT2D eigenvalue weighted by atomic mass is 31.2. The quantitative estimate of drug-likeness (QED) is 0.0205. The summed E-state index contributed by atoms with van der Waals surface area (Å²) >= 11 is 0. The number of rotatable bonds is 65. The molecule has 0 aromatic carbocycles. The first-order valence-corrected chi connectivity index (χ1v) is 37.4. The number of phosphoric ester groups is 1. The minimum Gasteiger partial charge on any atom is -0.456 e. The zero-order valence-electron chi connectivity index (χ0n) is 56.6. The highest BCUT2D eigenvalue weighted by Gasteiger charge is 2.30. The fraction of sp³-hybridized carbons (Fsp3) is 0.787. The lowest BCUT2D eigenvalue weighted by molar-refractivity contribution is -0.870. The van der Waals surface area contributed by atoms with E-state index in [4.69, 9.17) is 13.8 Å². The topological polar surface area (TPSA) is 111 Å². The minimum atomic E-state index is -4.46. The van der Waals surface area contributed by atoms with Crippen LogP contribution in [0.1, 0.15) is 329 Å². The number of likely N-dealkylation sites (N-methyl/N-ethyl adjacent to an activating group) is 1. The van der Waals surface area contributed by atoms with E-state index in [1.54, 1.807) is 0 Å². The molecule has 10 heteroatoms. The Kier molecular flexibility index (Phi) is 62.1. The van der Waals surface area contributed by atoms with Gasteiger partial charge in [-0.1, -0.05) is 299 Å². The van der Waals surface area contributed by atoms with Gasteiger partial charge in [-0.15, -0.1) is 0 Å². The molecule has 0 spiro atoms. The van der Waals surface area contributed by atoms with E-state index in [1.165, 1.54) is 205 Å². The lowest BCUT2D eigenvalue weighted by Crippen LogP contribution is -2.47. The molecule has 0 radical (unpaired) electrons. The monoisotopic (exact) mass is 1210 g/mol. The van der Waals surface area contributed by atoms with Gasteiger partial charge in [0, 0.05) is 12.8 Å². The average Bonchev–Trinajstić information content (AvgIpc) is 3.50. The predicted molar refractivity (Wildman–Crippen MR) is 369 cm³/mol. The maximum atomic E-state index is 13.6. The normalized spacial score (nSPS) is 14.0. The number of carbonyl (C=O) groups is 2. The first-order chi connectivity index (χ1) is 41.4. The molecule has 0 aliphatic heterocycles. The molecule has 0 heterocycles. The van der Waals surface area contributed by atoms with E-state index in [1.807, 2.05) is 33.3 Å². The van der Waals surface area contributed by atoms with Gasteiger partial charge in [-0.25, -0.2) is 4.57 Å².